The second-order valence-corrected chi connectivity index (χ2v) is 5.48. The van der Waals surface area contributed by atoms with E-state index in [1.165, 1.54) is 7.11 Å². The normalized spacial score (nSPS) is 10.3. The highest BCUT2D eigenvalue weighted by atomic mass is 16.5. The molecule has 0 amide bonds. The average Bonchev–Trinajstić information content (AvgIpc) is 2.53. The van der Waals surface area contributed by atoms with E-state index in [4.69, 9.17) is 4.74 Å². The molecule has 0 aliphatic heterocycles. The SMILES string of the molecule is COC(=O)C(=O)c1cccc(C)c1COc1ccc(C)cc1C. The first-order valence-corrected chi connectivity index (χ1v) is 7.35. The largest absolute Gasteiger partial charge is 0.489 e. The Morgan fingerprint density at radius 3 is 2.39 bits per heavy atom. The summed E-state index contributed by atoms with van der Waals surface area (Å²) in [5.74, 6) is -0.769. The van der Waals surface area contributed by atoms with Gasteiger partial charge in [0.2, 0.25) is 0 Å². The number of carbonyl (C=O) groups excluding carboxylic acids is 2. The van der Waals surface area contributed by atoms with Crippen LogP contribution in [-0.2, 0) is 16.1 Å². The summed E-state index contributed by atoms with van der Waals surface area (Å²) in [4.78, 5) is 23.7. The molecule has 0 atom stereocenters. The molecule has 0 unspecified atom stereocenters. The highest BCUT2D eigenvalue weighted by molar-refractivity contribution is 6.41. The molecule has 0 aliphatic carbocycles. The third-order valence-electron chi connectivity index (χ3n) is 3.73. The summed E-state index contributed by atoms with van der Waals surface area (Å²) < 4.78 is 10.4. The van der Waals surface area contributed by atoms with Crippen LogP contribution >= 0.6 is 0 Å². The summed E-state index contributed by atoms with van der Waals surface area (Å²) in [7, 11) is 1.20. The molecule has 2 aromatic carbocycles. The number of ketones is 1. The van der Waals surface area contributed by atoms with Crippen molar-refractivity contribution in [1.82, 2.24) is 0 Å². The maximum atomic E-state index is 12.1. The van der Waals surface area contributed by atoms with Gasteiger partial charge in [-0.1, -0.05) is 35.9 Å². The van der Waals surface area contributed by atoms with Gasteiger partial charge in [-0.3, -0.25) is 4.79 Å². The molecule has 0 aliphatic rings. The van der Waals surface area contributed by atoms with Crippen LogP contribution in [0.1, 0.15) is 32.6 Å². The van der Waals surface area contributed by atoms with Gasteiger partial charge in [0.25, 0.3) is 5.78 Å². The molecule has 2 aromatic rings. The van der Waals surface area contributed by atoms with E-state index in [0.29, 0.717) is 11.1 Å². The van der Waals surface area contributed by atoms with Gasteiger partial charge in [-0.2, -0.15) is 0 Å². The smallest absolute Gasteiger partial charge is 0.379 e. The number of carbonyl (C=O) groups is 2. The molecule has 4 nitrogen and oxygen atoms in total. The molecule has 120 valence electrons. The number of esters is 1. The topological polar surface area (TPSA) is 52.6 Å². The molecule has 0 aromatic heterocycles. The van der Waals surface area contributed by atoms with Crippen LogP contribution in [0.5, 0.6) is 5.75 Å². The van der Waals surface area contributed by atoms with Crippen molar-refractivity contribution in [1.29, 1.82) is 0 Å². The highest BCUT2D eigenvalue weighted by Crippen LogP contribution is 2.22. The van der Waals surface area contributed by atoms with E-state index in [1.54, 1.807) is 12.1 Å². The monoisotopic (exact) mass is 312 g/mol. The van der Waals surface area contributed by atoms with Crippen LogP contribution in [-0.4, -0.2) is 18.9 Å². The summed E-state index contributed by atoms with van der Waals surface area (Å²) in [6.45, 7) is 6.09. The minimum atomic E-state index is -0.872. The summed E-state index contributed by atoms with van der Waals surface area (Å²) in [6.07, 6.45) is 0. The summed E-state index contributed by atoms with van der Waals surface area (Å²) >= 11 is 0. The van der Waals surface area contributed by atoms with Gasteiger partial charge in [-0.05, 0) is 38.0 Å². The molecule has 0 heterocycles. The predicted octanol–water partition coefficient (Wildman–Crippen LogP) is 3.55. The van der Waals surface area contributed by atoms with Gasteiger partial charge in [0, 0.05) is 11.1 Å². The maximum absolute atomic E-state index is 12.1. The van der Waals surface area contributed by atoms with E-state index in [0.717, 1.165) is 22.4 Å². The Hall–Kier alpha value is -2.62. The van der Waals surface area contributed by atoms with Crippen molar-refractivity contribution in [2.45, 2.75) is 27.4 Å². The fourth-order valence-electron chi connectivity index (χ4n) is 2.42. The fraction of sp³-hybridized carbons (Fsp3) is 0.263. The minimum absolute atomic E-state index is 0.217. The van der Waals surface area contributed by atoms with Crippen LogP contribution in [0.15, 0.2) is 36.4 Å². The van der Waals surface area contributed by atoms with Crippen molar-refractivity contribution >= 4 is 11.8 Å². The molecule has 23 heavy (non-hydrogen) atoms. The first-order chi connectivity index (χ1) is 10.9. The lowest BCUT2D eigenvalue weighted by Gasteiger charge is -2.14. The summed E-state index contributed by atoms with van der Waals surface area (Å²) in [5, 5.41) is 0. The van der Waals surface area contributed by atoms with Crippen molar-refractivity contribution in [3.8, 4) is 5.75 Å². The van der Waals surface area contributed by atoms with E-state index in [9.17, 15) is 9.59 Å². The van der Waals surface area contributed by atoms with Crippen LogP contribution in [0, 0.1) is 20.8 Å². The third kappa shape index (κ3) is 3.77. The van der Waals surface area contributed by atoms with Crippen LogP contribution < -0.4 is 4.74 Å². The standard InChI is InChI=1S/C19H20O4/c1-12-8-9-17(14(3)10-12)23-11-16-13(2)6-5-7-15(16)18(20)19(21)22-4/h5-10H,11H2,1-4H3. The summed E-state index contributed by atoms with van der Waals surface area (Å²) in [5.41, 5.74) is 4.10. The summed E-state index contributed by atoms with van der Waals surface area (Å²) in [6, 6.07) is 11.2. The molecule has 0 bridgehead atoms. The first kappa shape index (κ1) is 16.7. The third-order valence-corrected chi connectivity index (χ3v) is 3.73. The zero-order chi connectivity index (χ0) is 17.0. The molecule has 0 N–H and O–H groups in total. The lowest BCUT2D eigenvalue weighted by atomic mass is 9.99. The van der Waals surface area contributed by atoms with Gasteiger partial charge >= 0.3 is 5.97 Å². The molecular formula is C19H20O4. The van der Waals surface area contributed by atoms with Crippen molar-refractivity contribution < 1.29 is 19.1 Å². The second kappa shape index (κ2) is 7.09. The first-order valence-electron chi connectivity index (χ1n) is 7.35. The van der Waals surface area contributed by atoms with Crippen molar-refractivity contribution in [2.24, 2.45) is 0 Å². The number of Topliss-reactive ketones (excluding diaryl/α,β-unsaturated/α-hetero) is 1. The Morgan fingerprint density at radius 2 is 1.74 bits per heavy atom. The molecule has 4 heteroatoms. The van der Waals surface area contributed by atoms with E-state index in [2.05, 4.69) is 4.74 Å². The number of aryl methyl sites for hydroxylation is 3. The van der Waals surface area contributed by atoms with E-state index in [1.807, 2.05) is 45.0 Å². The van der Waals surface area contributed by atoms with Crippen LogP contribution in [0.4, 0.5) is 0 Å². The molecule has 0 spiro atoms. The molecule has 2 rings (SSSR count). The quantitative estimate of drug-likeness (QED) is 0.481. The van der Waals surface area contributed by atoms with Gasteiger partial charge in [-0.25, -0.2) is 4.79 Å². The number of methoxy groups -OCH3 is 1. The minimum Gasteiger partial charge on any atom is -0.489 e. The van der Waals surface area contributed by atoms with Crippen LogP contribution in [0.2, 0.25) is 0 Å². The molecule has 0 saturated carbocycles. The number of benzene rings is 2. The predicted molar refractivity (Wildman–Crippen MR) is 87.8 cm³/mol. The average molecular weight is 312 g/mol. The zero-order valence-electron chi connectivity index (χ0n) is 13.8. The Morgan fingerprint density at radius 1 is 1.00 bits per heavy atom. The molecule has 0 fully saturated rings. The van der Waals surface area contributed by atoms with Gasteiger partial charge in [0.15, 0.2) is 0 Å². The van der Waals surface area contributed by atoms with Gasteiger partial charge in [0.05, 0.1) is 7.11 Å². The van der Waals surface area contributed by atoms with Gasteiger partial charge in [0.1, 0.15) is 12.4 Å². The Balaban J connectivity index is 2.29. The highest BCUT2D eigenvalue weighted by Gasteiger charge is 2.21. The Labute approximate surface area is 136 Å². The lowest BCUT2D eigenvalue weighted by Crippen LogP contribution is -2.18. The number of ether oxygens (including phenoxy) is 2. The van der Waals surface area contributed by atoms with E-state index in [-0.39, 0.29) is 6.61 Å². The number of hydrogen-bond acceptors (Lipinski definition) is 4. The van der Waals surface area contributed by atoms with Gasteiger partial charge in [-0.15, -0.1) is 0 Å². The molecule has 0 radical (unpaired) electrons. The van der Waals surface area contributed by atoms with Crippen molar-refractivity contribution in [3.63, 3.8) is 0 Å². The number of rotatable bonds is 5. The molecule has 0 saturated heterocycles. The van der Waals surface area contributed by atoms with Crippen LogP contribution in [0.25, 0.3) is 0 Å². The fourth-order valence-corrected chi connectivity index (χ4v) is 2.42. The molecular weight excluding hydrogens is 292 g/mol. The Kier molecular flexibility index (Phi) is 5.16. The number of hydrogen-bond donors (Lipinski definition) is 0. The maximum Gasteiger partial charge on any atom is 0.379 e. The van der Waals surface area contributed by atoms with E-state index < -0.39 is 11.8 Å². The van der Waals surface area contributed by atoms with Crippen molar-refractivity contribution in [3.05, 3.63) is 64.2 Å². The second-order valence-electron chi connectivity index (χ2n) is 5.48. The Bertz CT molecular complexity index is 747. The zero-order valence-corrected chi connectivity index (χ0v) is 13.8. The van der Waals surface area contributed by atoms with E-state index >= 15 is 0 Å². The van der Waals surface area contributed by atoms with Gasteiger partial charge < -0.3 is 9.47 Å². The van der Waals surface area contributed by atoms with Crippen molar-refractivity contribution in [2.75, 3.05) is 7.11 Å². The lowest BCUT2D eigenvalue weighted by molar-refractivity contribution is -0.135. The van der Waals surface area contributed by atoms with Crippen LogP contribution in [0.3, 0.4) is 0 Å².